The van der Waals surface area contributed by atoms with Gasteiger partial charge in [0.15, 0.2) is 0 Å². The Bertz CT molecular complexity index is 887. The zero-order valence-corrected chi connectivity index (χ0v) is 18.0. The van der Waals surface area contributed by atoms with E-state index in [2.05, 4.69) is 12.2 Å². The molecule has 0 atom stereocenters. The summed E-state index contributed by atoms with van der Waals surface area (Å²) in [6.45, 7) is 2.36. The lowest BCUT2D eigenvalue weighted by atomic mass is 10.2. The highest BCUT2D eigenvalue weighted by atomic mass is 35.5. The van der Waals surface area contributed by atoms with Gasteiger partial charge in [0.25, 0.3) is 0 Å². The summed E-state index contributed by atoms with van der Waals surface area (Å²) in [5.41, 5.74) is 0.698. The maximum absolute atomic E-state index is 13.1. The molecule has 0 saturated heterocycles. The summed E-state index contributed by atoms with van der Waals surface area (Å²) in [6.07, 6.45) is 2.91. The molecular weight excluding hydrogens is 419 g/mol. The number of nitrogens with one attached hydrogen (secondary N) is 1. The Balaban J connectivity index is 2.22. The molecule has 0 aliphatic carbocycles. The van der Waals surface area contributed by atoms with Crippen molar-refractivity contribution in [2.75, 3.05) is 13.1 Å². The third-order valence-corrected chi connectivity index (χ3v) is 6.41. The third kappa shape index (κ3) is 6.78. The number of sulfonamides is 1. The molecule has 1 N–H and O–H groups in total. The summed E-state index contributed by atoms with van der Waals surface area (Å²) in [5.74, 6) is -0.337. The molecule has 0 fully saturated rings. The second-order valence-corrected chi connectivity index (χ2v) is 9.22. The van der Waals surface area contributed by atoms with Gasteiger partial charge in [0.1, 0.15) is 0 Å². The number of benzene rings is 2. The Morgan fingerprint density at radius 3 is 2.39 bits per heavy atom. The van der Waals surface area contributed by atoms with E-state index in [1.807, 2.05) is 0 Å². The number of unbranched alkanes of at least 4 members (excludes halogenated alkanes) is 2. The van der Waals surface area contributed by atoms with Crippen LogP contribution in [0.1, 0.15) is 31.7 Å². The van der Waals surface area contributed by atoms with Crippen molar-refractivity contribution in [2.45, 2.75) is 37.6 Å². The van der Waals surface area contributed by atoms with Crippen molar-refractivity contribution in [3.63, 3.8) is 0 Å². The third-order valence-electron chi connectivity index (χ3n) is 4.12. The fraction of sp³-hybridized carbons (Fsp3) is 0.350. The Kier molecular flexibility index (Phi) is 8.76. The number of hydrogen-bond donors (Lipinski definition) is 1. The largest absolute Gasteiger partial charge is 0.355 e. The second-order valence-electron chi connectivity index (χ2n) is 6.41. The molecule has 0 spiro atoms. The molecule has 28 heavy (non-hydrogen) atoms. The summed E-state index contributed by atoms with van der Waals surface area (Å²) in [4.78, 5) is 12.4. The van der Waals surface area contributed by atoms with E-state index in [4.69, 9.17) is 23.2 Å². The number of amides is 1. The summed E-state index contributed by atoms with van der Waals surface area (Å²) < 4.78 is 27.4. The molecule has 0 aromatic heterocycles. The van der Waals surface area contributed by atoms with E-state index in [1.54, 1.807) is 24.3 Å². The zero-order chi connectivity index (χ0) is 20.6. The molecule has 152 valence electrons. The lowest BCUT2D eigenvalue weighted by Crippen LogP contribution is -2.40. The van der Waals surface area contributed by atoms with E-state index < -0.39 is 10.0 Å². The van der Waals surface area contributed by atoms with E-state index in [0.717, 1.165) is 23.6 Å². The molecule has 0 unspecified atom stereocenters. The Morgan fingerprint density at radius 2 is 1.75 bits per heavy atom. The number of carbonyl (C=O) groups excluding carboxylic acids is 1. The van der Waals surface area contributed by atoms with Gasteiger partial charge in [-0.1, -0.05) is 55.1 Å². The average molecular weight is 443 g/mol. The first-order valence-corrected chi connectivity index (χ1v) is 11.3. The molecule has 1 amide bonds. The minimum Gasteiger partial charge on any atom is -0.355 e. The van der Waals surface area contributed by atoms with Gasteiger partial charge < -0.3 is 5.32 Å². The van der Waals surface area contributed by atoms with Gasteiger partial charge in [0.2, 0.25) is 15.9 Å². The topological polar surface area (TPSA) is 66.5 Å². The van der Waals surface area contributed by atoms with Crippen LogP contribution < -0.4 is 5.32 Å². The quantitative estimate of drug-likeness (QED) is 0.551. The van der Waals surface area contributed by atoms with Gasteiger partial charge in [-0.05, 0) is 48.4 Å². The molecule has 8 heteroatoms. The minimum atomic E-state index is -3.89. The molecule has 5 nitrogen and oxygen atoms in total. The van der Waals surface area contributed by atoms with Gasteiger partial charge in [-0.15, -0.1) is 0 Å². The number of rotatable bonds is 10. The van der Waals surface area contributed by atoms with Crippen molar-refractivity contribution in [3.05, 3.63) is 64.1 Å². The van der Waals surface area contributed by atoms with Gasteiger partial charge >= 0.3 is 0 Å². The van der Waals surface area contributed by atoms with Crippen LogP contribution in [0.25, 0.3) is 0 Å². The summed E-state index contributed by atoms with van der Waals surface area (Å²) in [6, 6.07) is 12.8. The summed E-state index contributed by atoms with van der Waals surface area (Å²) in [5, 5.41) is 3.73. The number of nitrogens with zero attached hydrogens (tertiary/aromatic N) is 1. The highest BCUT2D eigenvalue weighted by Crippen LogP contribution is 2.21. The van der Waals surface area contributed by atoms with E-state index in [9.17, 15) is 13.2 Å². The van der Waals surface area contributed by atoms with Crippen LogP contribution in [-0.2, 0) is 21.4 Å². The number of carbonyl (C=O) groups is 1. The molecule has 0 bridgehead atoms. The Labute approximate surface area is 176 Å². The predicted molar refractivity (Wildman–Crippen MR) is 113 cm³/mol. The molecular formula is C20H24Cl2N2O3S. The number of hydrogen-bond acceptors (Lipinski definition) is 3. The Hall–Kier alpha value is -1.60. The maximum atomic E-state index is 13.1. The highest BCUT2D eigenvalue weighted by molar-refractivity contribution is 7.89. The van der Waals surface area contributed by atoms with Gasteiger partial charge in [0, 0.05) is 23.1 Å². The summed E-state index contributed by atoms with van der Waals surface area (Å²) >= 11 is 11.9. The van der Waals surface area contributed by atoms with Crippen molar-refractivity contribution in [3.8, 4) is 0 Å². The van der Waals surface area contributed by atoms with Crippen molar-refractivity contribution >= 4 is 39.1 Å². The van der Waals surface area contributed by atoms with Crippen LogP contribution in [0.2, 0.25) is 10.0 Å². The summed E-state index contributed by atoms with van der Waals surface area (Å²) in [7, 11) is -3.89. The van der Waals surface area contributed by atoms with Crippen LogP contribution in [0.5, 0.6) is 0 Å². The monoisotopic (exact) mass is 442 g/mol. The SMILES string of the molecule is CCCCCNC(=O)CN(Cc1cccc(Cl)c1)S(=O)(=O)c1ccc(Cl)cc1. The molecule has 0 aliphatic heterocycles. The normalized spacial score (nSPS) is 11.6. The fourth-order valence-corrected chi connectivity index (χ4v) is 4.36. The van der Waals surface area contributed by atoms with Crippen LogP contribution in [0, 0.1) is 0 Å². The van der Waals surface area contributed by atoms with E-state index >= 15 is 0 Å². The lowest BCUT2D eigenvalue weighted by Gasteiger charge is -2.22. The number of halogens is 2. The van der Waals surface area contributed by atoms with E-state index in [-0.39, 0.29) is 23.9 Å². The van der Waals surface area contributed by atoms with Crippen LogP contribution in [0.15, 0.2) is 53.4 Å². The van der Waals surface area contributed by atoms with Crippen molar-refractivity contribution in [1.82, 2.24) is 9.62 Å². The fourth-order valence-electron chi connectivity index (χ4n) is 2.64. The first kappa shape index (κ1) is 22.7. The molecule has 0 radical (unpaired) electrons. The molecule has 2 aromatic rings. The van der Waals surface area contributed by atoms with Crippen molar-refractivity contribution < 1.29 is 13.2 Å². The smallest absolute Gasteiger partial charge is 0.243 e. The predicted octanol–water partition coefficient (Wildman–Crippen LogP) is 4.49. The first-order valence-electron chi connectivity index (χ1n) is 9.10. The van der Waals surface area contributed by atoms with Gasteiger partial charge in [-0.25, -0.2) is 8.42 Å². The lowest BCUT2D eigenvalue weighted by molar-refractivity contribution is -0.121. The van der Waals surface area contributed by atoms with Crippen LogP contribution >= 0.6 is 23.2 Å². The molecule has 0 saturated carbocycles. The van der Waals surface area contributed by atoms with Crippen molar-refractivity contribution in [1.29, 1.82) is 0 Å². The van der Waals surface area contributed by atoms with Gasteiger partial charge in [0.05, 0.1) is 11.4 Å². The molecule has 2 rings (SSSR count). The standard InChI is InChI=1S/C20H24Cl2N2O3S/c1-2-3-4-12-23-20(25)15-24(14-16-6-5-7-18(22)13-16)28(26,27)19-10-8-17(21)9-11-19/h5-11,13H,2-4,12,14-15H2,1H3,(H,23,25). The molecule has 2 aromatic carbocycles. The highest BCUT2D eigenvalue weighted by Gasteiger charge is 2.27. The molecule has 0 heterocycles. The van der Waals surface area contributed by atoms with Crippen molar-refractivity contribution in [2.24, 2.45) is 0 Å². The van der Waals surface area contributed by atoms with E-state index in [0.29, 0.717) is 22.2 Å². The van der Waals surface area contributed by atoms with Crippen LogP contribution in [0.4, 0.5) is 0 Å². The van der Waals surface area contributed by atoms with Gasteiger partial charge in [-0.3, -0.25) is 4.79 Å². The second kappa shape index (κ2) is 10.8. The first-order chi connectivity index (χ1) is 13.3. The minimum absolute atomic E-state index is 0.0356. The zero-order valence-electron chi connectivity index (χ0n) is 15.7. The Morgan fingerprint density at radius 1 is 1.04 bits per heavy atom. The van der Waals surface area contributed by atoms with E-state index in [1.165, 1.54) is 24.3 Å². The average Bonchev–Trinajstić information content (AvgIpc) is 2.65. The van der Waals surface area contributed by atoms with Crippen LogP contribution in [-0.4, -0.2) is 31.7 Å². The van der Waals surface area contributed by atoms with Crippen LogP contribution in [0.3, 0.4) is 0 Å². The van der Waals surface area contributed by atoms with Gasteiger partial charge in [-0.2, -0.15) is 4.31 Å². The maximum Gasteiger partial charge on any atom is 0.243 e. The molecule has 0 aliphatic rings.